The summed E-state index contributed by atoms with van der Waals surface area (Å²) in [6.07, 6.45) is 0. The summed E-state index contributed by atoms with van der Waals surface area (Å²) in [5, 5.41) is 5.03. The highest BCUT2D eigenvalue weighted by molar-refractivity contribution is 7.11. The first-order valence-corrected chi connectivity index (χ1v) is 8.95. The van der Waals surface area contributed by atoms with Crippen molar-refractivity contribution in [2.45, 2.75) is 13.8 Å². The van der Waals surface area contributed by atoms with Gasteiger partial charge in [-0.2, -0.15) is 0 Å². The average molecular weight is 356 g/mol. The maximum atomic E-state index is 12.9. The summed E-state index contributed by atoms with van der Waals surface area (Å²) >= 11 is 1.44. The minimum absolute atomic E-state index is 0.197. The minimum Gasteiger partial charge on any atom is -0.495 e. The molecule has 3 rings (SSSR count). The van der Waals surface area contributed by atoms with Crippen molar-refractivity contribution in [2.75, 3.05) is 19.0 Å². The third-order valence-corrected chi connectivity index (χ3v) is 4.74. The van der Waals surface area contributed by atoms with Crippen molar-refractivity contribution in [3.05, 3.63) is 52.4 Å². The van der Waals surface area contributed by atoms with Gasteiger partial charge >= 0.3 is 0 Å². The van der Waals surface area contributed by atoms with Crippen LogP contribution in [0, 0.1) is 5.92 Å². The van der Waals surface area contributed by atoms with Gasteiger partial charge in [-0.1, -0.05) is 32.0 Å². The van der Waals surface area contributed by atoms with Gasteiger partial charge in [-0.25, -0.2) is 0 Å². The first-order valence-electron chi connectivity index (χ1n) is 8.07. The highest BCUT2D eigenvalue weighted by Crippen LogP contribution is 2.35. The van der Waals surface area contributed by atoms with Crippen LogP contribution in [0.4, 0.5) is 5.69 Å². The molecule has 130 valence electrons. The molecular formula is C19H20N2O3S. The number of ether oxygens (including phenoxy) is 1. The summed E-state index contributed by atoms with van der Waals surface area (Å²) < 4.78 is 5.34. The lowest BCUT2D eigenvalue weighted by atomic mass is 10.1. The van der Waals surface area contributed by atoms with Gasteiger partial charge in [-0.05, 0) is 29.5 Å². The van der Waals surface area contributed by atoms with E-state index in [-0.39, 0.29) is 17.7 Å². The number of nitrogens with zero attached hydrogens (tertiary/aromatic N) is 1. The van der Waals surface area contributed by atoms with E-state index >= 15 is 0 Å². The fraction of sp³-hybridized carbons (Fsp3) is 0.263. The van der Waals surface area contributed by atoms with E-state index in [1.54, 1.807) is 13.2 Å². The number of imide groups is 1. The van der Waals surface area contributed by atoms with Crippen molar-refractivity contribution in [2.24, 2.45) is 5.92 Å². The SMILES string of the molecule is COc1ccccc1NC1=C(c2cccs2)C(=O)N(CC(C)C)C1=O. The number of nitrogens with one attached hydrogen (secondary N) is 1. The Morgan fingerprint density at radius 3 is 2.52 bits per heavy atom. The summed E-state index contributed by atoms with van der Waals surface area (Å²) in [6.45, 7) is 4.36. The molecule has 0 saturated carbocycles. The molecule has 2 amide bonds. The van der Waals surface area contributed by atoms with Crippen LogP contribution in [0.15, 0.2) is 47.5 Å². The molecule has 0 spiro atoms. The molecule has 6 heteroatoms. The Morgan fingerprint density at radius 1 is 1.12 bits per heavy atom. The van der Waals surface area contributed by atoms with Crippen LogP contribution in [0.2, 0.25) is 0 Å². The van der Waals surface area contributed by atoms with Crippen LogP contribution >= 0.6 is 11.3 Å². The zero-order chi connectivity index (χ0) is 18.0. The molecule has 1 aromatic heterocycles. The van der Waals surface area contributed by atoms with Crippen molar-refractivity contribution in [3.63, 3.8) is 0 Å². The van der Waals surface area contributed by atoms with E-state index in [0.29, 0.717) is 29.3 Å². The molecule has 1 aliphatic rings. The van der Waals surface area contributed by atoms with Gasteiger partial charge in [0.25, 0.3) is 11.8 Å². The number of rotatable bonds is 6. The second kappa shape index (κ2) is 7.11. The van der Waals surface area contributed by atoms with Crippen LogP contribution in [0.1, 0.15) is 18.7 Å². The Hall–Kier alpha value is -2.60. The summed E-state index contributed by atoms with van der Waals surface area (Å²) in [6, 6.07) is 11.1. The van der Waals surface area contributed by atoms with Gasteiger partial charge in [0.1, 0.15) is 11.4 Å². The third-order valence-electron chi connectivity index (χ3n) is 3.85. The average Bonchev–Trinajstić information content (AvgIpc) is 3.19. The highest BCUT2D eigenvalue weighted by atomic mass is 32.1. The predicted molar refractivity (Wildman–Crippen MR) is 99.4 cm³/mol. The van der Waals surface area contributed by atoms with Gasteiger partial charge in [0.2, 0.25) is 0 Å². The van der Waals surface area contributed by atoms with Crippen LogP contribution in [0.3, 0.4) is 0 Å². The normalized spacial score (nSPS) is 14.6. The molecule has 0 saturated heterocycles. The Labute approximate surface area is 150 Å². The smallest absolute Gasteiger partial charge is 0.278 e. The number of carbonyl (C=O) groups is 2. The zero-order valence-electron chi connectivity index (χ0n) is 14.4. The predicted octanol–water partition coefficient (Wildman–Crippen LogP) is 3.60. The lowest BCUT2D eigenvalue weighted by molar-refractivity contribution is -0.137. The van der Waals surface area contributed by atoms with Gasteiger partial charge in [0.05, 0.1) is 18.4 Å². The molecule has 2 heterocycles. The van der Waals surface area contributed by atoms with Gasteiger partial charge < -0.3 is 10.1 Å². The van der Waals surface area contributed by atoms with Crippen molar-refractivity contribution in [3.8, 4) is 5.75 Å². The Balaban J connectivity index is 2.05. The van der Waals surface area contributed by atoms with E-state index in [1.807, 2.05) is 49.6 Å². The van der Waals surface area contributed by atoms with Crippen molar-refractivity contribution < 1.29 is 14.3 Å². The summed E-state index contributed by atoms with van der Waals surface area (Å²) in [4.78, 5) is 27.9. The van der Waals surface area contributed by atoms with Crippen LogP contribution < -0.4 is 10.1 Å². The van der Waals surface area contributed by atoms with E-state index < -0.39 is 0 Å². The second-order valence-corrected chi connectivity index (χ2v) is 7.12. The fourth-order valence-corrected chi connectivity index (χ4v) is 3.52. The number of carbonyl (C=O) groups excluding carboxylic acids is 2. The number of hydrogen-bond acceptors (Lipinski definition) is 5. The van der Waals surface area contributed by atoms with Gasteiger partial charge in [0.15, 0.2) is 0 Å². The van der Waals surface area contributed by atoms with E-state index in [0.717, 1.165) is 4.88 Å². The molecule has 0 aliphatic carbocycles. The first-order chi connectivity index (χ1) is 12.0. The largest absolute Gasteiger partial charge is 0.495 e. The number of hydrogen-bond donors (Lipinski definition) is 1. The molecule has 2 aromatic rings. The number of methoxy groups -OCH3 is 1. The van der Waals surface area contributed by atoms with Gasteiger partial charge in [0, 0.05) is 11.4 Å². The van der Waals surface area contributed by atoms with E-state index in [9.17, 15) is 9.59 Å². The molecule has 5 nitrogen and oxygen atoms in total. The Morgan fingerprint density at radius 2 is 1.88 bits per heavy atom. The zero-order valence-corrected chi connectivity index (χ0v) is 15.2. The second-order valence-electron chi connectivity index (χ2n) is 6.17. The molecule has 1 aliphatic heterocycles. The molecule has 1 N–H and O–H groups in total. The molecule has 0 fully saturated rings. The molecule has 0 unspecified atom stereocenters. The van der Waals surface area contributed by atoms with Gasteiger partial charge in [-0.3, -0.25) is 14.5 Å². The van der Waals surface area contributed by atoms with Crippen LogP contribution in [-0.4, -0.2) is 30.4 Å². The summed E-state index contributed by atoms with van der Waals surface area (Å²) in [7, 11) is 1.57. The number of benzene rings is 1. The number of amides is 2. The summed E-state index contributed by atoms with van der Waals surface area (Å²) in [5.41, 5.74) is 1.38. The topological polar surface area (TPSA) is 58.6 Å². The third kappa shape index (κ3) is 3.30. The minimum atomic E-state index is -0.298. The number of thiophene rings is 1. The molecule has 0 bridgehead atoms. The maximum Gasteiger partial charge on any atom is 0.278 e. The molecule has 25 heavy (non-hydrogen) atoms. The quantitative estimate of drug-likeness (QED) is 0.804. The first kappa shape index (κ1) is 17.2. The van der Waals surface area contributed by atoms with E-state index in [1.165, 1.54) is 16.2 Å². The van der Waals surface area contributed by atoms with Crippen LogP contribution in [-0.2, 0) is 9.59 Å². The standard InChI is InChI=1S/C19H20N2O3S/c1-12(2)11-21-18(22)16(15-9-6-10-25-15)17(19(21)23)20-13-7-4-5-8-14(13)24-3/h4-10,12,20H,11H2,1-3H3. The summed E-state index contributed by atoms with van der Waals surface area (Å²) in [5.74, 6) is 0.262. The molecule has 0 radical (unpaired) electrons. The molecule has 0 atom stereocenters. The highest BCUT2D eigenvalue weighted by Gasteiger charge is 2.39. The monoisotopic (exact) mass is 356 g/mol. The van der Waals surface area contributed by atoms with Gasteiger partial charge in [-0.15, -0.1) is 11.3 Å². The molecule has 1 aromatic carbocycles. The fourth-order valence-electron chi connectivity index (χ4n) is 2.75. The van der Waals surface area contributed by atoms with E-state index in [4.69, 9.17) is 4.74 Å². The van der Waals surface area contributed by atoms with Crippen molar-refractivity contribution in [1.29, 1.82) is 0 Å². The Kier molecular flexibility index (Phi) is 4.90. The van der Waals surface area contributed by atoms with Crippen molar-refractivity contribution in [1.82, 2.24) is 4.90 Å². The lowest BCUT2D eigenvalue weighted by Gasteiger charge is -2.17. The number of anilines is 1. The number of para-hydroxylation sites is 2. The van der Waals surface area contributed by atoms with Crippen molar-refractivity contribution >= 4 is 34.4 Å². The van der Waals surface area contributed by atoms with Crippen LogP contribution in [0.25, 0.3) is 5.57 Å². The maximum absolute atomic E-state index is 12.9. The van der Waals surface area contributed by atoms with Crippen LogP contribution in [0.5, 0.6) is 5.75 Å². The Bertz CT molecular complexity index is 825. The lowest BCUT2D eigenvalue weighted by Crippen LogP contribution is -2.35. The van der Waals surface area contributed by atoms with E-state index in [2.05, 4.69) is 5.32 Å². The molecular weight excluding hydrogens is 336 g/mol.